The number of hydrogen-bond acceptors (Lipinski definition) is 3. The summed E-state index contributed by atoms with van der Waals surface area (Å²) in [5, 5.41) is 3.40. The SMILES string of the molecule is Cl.Cl.Fc1cc([C@H](C2CCOCC2)N2CCNCC2)ccc1Br. The van der Waals surface area contributed by atoms with Gasteiger partial charge in [0.1, 0.15) is 5.82 Å². The number of ether oxygens (including phenoxy) is 1. The minimum absolute atomic E-state index is 0. The Balaban J connectivity index is 0.00000132. The molecule has 1 aromatic carbocycles. The maximum Gasteiger partial charge on any atom is 0.137 e. The van der Waals surface area contributed by atoms with Crippen molar-refractivity contribution < 1.29 is 9.13 Å². The van der Waals surface area contributed by atoms with Gasteiger partial charge in [-0.15, -0.1) is 24.8 Å². The van der Waals surface area contributed by atoms with Crippen molar-refractivity contribution in [3.63, 3.8) is 0 Å². The Labute approximate surface area is 158 Å². The molecule has 1 atom stereocenters. The zero-order chi connectivity index (χ0) is 14.7. The van der Waals surface area contributed by atoms with Crippen LogP contribution >= 0.6 is 40.7 Å². The van der Waals surface area contributed by atoms with Crippen molar-refractivity contribution >= 4 is 40.7 Å². The van der Waals surface area contributed by atoms with Gasteiger partial charge in [-0.05, 0) is 52.4 Å². The normalized spacial score (nSPS) is 21.1. The van der Waals surface area contributed by atoms with E-state index < -0.39 is 0 Å². The van der Waals surface area contributed by atoms with E-state index in [0.29, 0.717) is 16.4 Å². The maximum atomic E-state index is 14.0. The van der Waals surface area contributed by atoms with Crippen molar-refractivity contribution in [2.75, 3.05) is 39.4 Å². The molecule has 0 aliphatic carbocycles. The lowest BCUT2D eigenvalue weighted by Gasteiger charge is -2.41. The molecule has 0 spiro atoms. The minimum Gasteiger partial charge on any atom is -0.381 e. The second-order valence-electron chi connectivity index (χ2n) is 5.85. The lowest BCUT2D eigenvalue weighted by atomic mass is 9.85. The third-order valence-electron chi connectivity index (χ3n) is 4.54. The molecule has 0 saturated carbocycles. The molecule has 2 saturated heterocycles. The molecule has 23 heavy (non-hydrogen) atoms. The molecule has 2 heterocycles. The molecular formula is C16H24BrCl2FN2O. The zero-order valence-corrected chi connectivity index (χ0v) is 16.2. The van der Waals surface area contributed by atoms with E-state index in [1.54, 1.807) is 6.07 Å². The third kappa shape index (κ3) is 5.28. The predicted molar refractivity (Wildman–Crippen MR) is 99.3 cm³/mol. The van der Waals surface area contributed by atoms with Crippen molar-refractivity contribution in [1.29, 1.82) is 0 Å². The Morgan fingerprint density at radius 3 is 2.43 bits per heavy atom. The van der Waals surface area contributed by atoms with Crippen molar-refractivity contribution in [1.82, 2.24) is 10.2 Å². The molecule has 132 valence electrons. The average molecular weight is 430 g/mol. The average Bonchev–Trinajstić information content (AvgIpc) is 2.53. The van der Waals surface area contributed by atoms with Gasteiger partial charge < -0.3 is 10.1 Å². The summed E-state index contributed by atoms with van der Waals surface area (Å²) in [7, 11) is 0. The fraction of sp³-hybridized carbons (Fsp3) is 0.625. The van der Waals surface area contributed by atoms with Crippen LogP contribution in [0.2, 0.25) is 0 Å². The van der Waals surface area contributed by atoms with Gasteiger partial charge in [0.15, 0.2) is 0 Å². The van der Waals surface area contributed by atoms with Crippen LogP contribution in [-0.2, 0) is 4.74 Å². The fourth-order valence-electron chi connectivity index (χ4n) is 3.47. The Morgan fingerprint density at radius 1 is 1.17 bits per heavy atom. The molecule has 2 fully saturated rings. The monoisotopic (exact) mass is 428 g/mol. The molecule has 1 aromatic rings. The van der Waals surface area contributed by atoms with Crippen LogP contribution in [0, 0.1) is 11.7 Å². The molecule has 2 aliphatic heterocycles. The van der Waals surface area contributed by atoms with E-state index in [4.69, 9.17) is 4.74 Å². The molecule has 0 unspecified atom stereocenters. The highest BCUT2D eigenvalue weighted by atomic mass is 79.9. The summed E-state index contributed by atoms with van der Waals surface area (Å²) in [6.45, 7) is 5.73. The summed E-state index contributed by atoms with van der Waals surface area (Å²) in [5.41, 5.74) is 1.10. The van der Waals surface area contributed by atoms with Gasteiger partial charge >= 0.3 is 0 Å². The first-order chi connectivity index (χ1) is 10.3. The molecule has 0 aromatic heterocycles. The number of benzene rings is 1. The first-order valence-corrected chi connectivity index (χ1v) is 8.52. The third-order valence-corrected chi connectivity index (χ3v) is 5.19. The highest BCUT2D eigenvalue weighted by molar-refractivity contribution is 9.10. The van der Waals surface area contributed by atoms with Crippen molar-refractivity contribution in [2.24, 2.45) is 5.92 Å². The smallest absolute Gasteiger partial charge is 0.137 e. The molecular weight excluding hydrogens is 406 g/mol. The Hall–Kier alpha value is 0.0900. The van der Waals surface area contributed by atoms with E-state index in [2.05, 4.69) is 32.2 Å². The van der Waals surface area contributed by atoms with E-state index in [1.165, 1.54) is 0 Å². The predicted octanol–water partition coefficient (Wildman–Crippen LogP) is 3.80. The van der Waals surface area contributed by atoms with E-state index in [9.17, 15) is 4.39 Å². The van der Waals surface area contributed by atoms with Gasteiger partial charge in [0, 0.05) is 45.4 Å². The molecule has 3 rings (SSSR count). The zero-order valence-electron chi connectivity index (χ0n) is 13.0. The van der Waals surface area contributed by atoms with Crippen LogP contribution in [0.25, 0.3) is 0 Å². The lowest BCUT2D eigenvalue weighted by Crippen LogP contribution is -2.47. The molecule has 0 bridgehead atoms. The first-order valence-electron chi connectivity index (χ1n) is 7.73. The van der Waals surface area contributed by atoms with E-state index in [0.717, 1.165) is 57.8 Å². The highest BCUT2D eigenvalue weighted by Crippen LogP contribution is 2.36. The molecule has 0 radical (unpaired) electrons. The number of nitrogens with zero attached hydrogens (tertiary/aromatic N) is 1. The van der Waals surface area contributed by atoms with Crippen LogP contribution < -0.4 is 5.32 Å². The summed E-state index contributed by atoms with van der Waals surface area (Å²) >= 11 is 3.25. The van der Waals surface area contributed by atoms with Crippen molar-refractivity contribution in [3.8, 4) is 0 Å². The topological polar surface area (TPSA) is 24.5 Å². The number of hydrogen-bond donors (Lipinski definition) is 1. The van der Waals surface area contributed by atoms with Gasteiger partial charge in [-0.2, -0.15) is 0 Å². The summed E-state index contributed by atoms with van der Waals surface area (Å²) in [4.78, 5) is 2.51. The first kappa shape index (κ1) is 21.1. The second-order valence-corrected chi connectivity index (χ2v) is 6.71. The Morgan fingerprint density at radius 2 is 1.83 bits per heavy atom. The van der Waals surface area contributed by atoms with Crippen molar-refractivity contribution in [2.45, 2.75) is 18.9 Å². The number of nitrogens with one attached hydrogen (secondary N) is 1. The van der Waals surface area contributed by atoms with Gasteiger partial charge in [0.25, 0.3) is 0 Å². The number of rotatable bonds is 3. The molecule has 7 heteroatoms. The summed E-state index contributed by atoms with van der Waals surface area (Å²) < 4.78 is 20.0. The van der Waals surface area contributed by atoms with Crippen LogP contribution in [0.3, 0.4) is 0 Å². The van der Waals surface area contributed by atoms with Gasteiger partial charge in [-0.25, -0.2) is 4.39 Å². The minimum atomic E-state index is -0.167. The van der Waals surface area contributed by atoms with Gasteiger partial charge in [0.05, 0.1) is 4.47 Å². The van der Waals surface area contributed by atoms with Crippen LogP contribution in [0.5, 0.6) is 0 Å². The highest BCUT2D eigenvalue weighted by Gasteiger charge is 2.31. The molecule has 1 N–H and O–H groups in total. The molecule has 0 amide bonds. The lowest BCUT2D eigenvalue weighted by molar-refractivity contribution is 0.0212. The largest absolute Gasteiger partial charge is 0.381 e. The molecule has 2 aliphatic rings. The summed E-state index contributed by atoms with van der Waals surface area (Å²) in [6.07, 6.45) is 2.12. The second kappa shape index (κ2) is 10.2. The van der Waals surface area contributed by atoms with Crippen LogP contribution in [0.1, 0.15) is 24.4 Å². The van der Waals surface area contributed by atoms with Crippen LogP contribution in [-0.4, -0.2) is 44.3 Å². The number of piperazine rings is 1. The summed E-state index contributed by atoms with van der Waals surface area (Å²) in [5.74, 6) is 0.386. The van der Waals surface area contributed by atoms with Gasteiger partial charge in [0.2, 0.25) is 0 Å². The van der Waals surface area contributed by atoms with Gasteiger partial charge in [-0.3, -0.25) is 4.90 Å². The standard InChI is InChI=1S/C16H22BrFN2O.2ClH/c17-14-2-1-13(11-15(14)18)16(12-3-9-21-10-4-12)20-7-5-19-6-8-20;;/h1-2,11-12,16,19H,3-10H2;2*1H/t16-;;/m0../s1. The Kier molecular flexibility index (Phi) is 9.34. The van der Waals surface area contributed by atoms with E-state index in [-0.39, 0.29) is 30.6 Å². The van der Waals surface area contributed by atoms with Crippen molar-refractivity contribution in [3.05, 3.63) is 34.1 Å². The van der Waals surface area contributed by atoms with Crippen LogP contribution in [0.4, 0.5) is 4.39 Å². The number of halogens is 4. The Bertz CT molecular complexity index is 465. The van der Waals surface area contributed by atoms with E-state index >= 15 is 0 Å². The van der Waals surface area contributed by atoms with Gasteiger partial charge in [-0.1, -0.05) is 6.07 Å². The van der Waals surface area contributed by atoms with Crippen LogP contribution in [0.15, 0.2) is 22.7 Å². The fourth-order valence-corrected chi connectivity index (χ4v) is 3.72. The molecule has 3 nitrogen and oxygen atoms in total. The summed E-state index contributed by atoms with van der Waals surface area (Å²) in [6, 6.07) is 5.90. The van der Waals surface area contributed by atoms with E-state index in [1.807, 2.05) is 6.07 Å². The maximum absolute atomic E-state index is 14.0. The quantitative estimate of drug-likeness (QED) is 0.790.